The minimum atomic E-state index is -0.621. The van der Waals surface area contributed by atoms with Crippen LogP contribution in [0.5, 0.6) is 5.75 Å². The highest BCUT2D eigenvalue weighted by Gasteiger charge is 2.08. The normalized spacial score (nSPS) is 9.38. The van der Waals surface area contributed by atoms with Gasteiger partial charge in [-0.2, -0.15) is 0 Å². The second-order valence-corrected chi connectivity index (χ2v) is 3.85. The van der Waals surface area contributed by atoms with Gasteiger partial charge in [-0.25, -0.2) is 9.59 Å². The second kappa shape index (κ2) is 8.36. The summed E-state index contributed by atoms with van der Waals surface area (Å²) in [4.78, 5) is 33.8. The number of rotatable bonds is 6. The summed E-state index contributed by atoms with van der Waals surface area (Å²) < 4.78 is 9.73. The molecule has 0 fully saturated rings. The summed E-state index contributed by atoms with van der Waals surface area (Å²) in [5.74, 6) is -0.656. The zero-order valence-corrected chi connectivity index (χ0v) is 11.5. The molecule has 1 aromatic rings. The molecule has 0 spiro atoms. The number of carbonyl (C=O) groups is 3. The van der Waals surface area contributed by atoms with E-state index in [-0.39, 0.29) is 13.2 Å². The number of amides is 3. The van der Waals surface area contributed by atoms with E-state index in [1.807, 2.05) is 0 Å². The fraction of sp³-hybridized carbons (Fsp3) is 0.214. The lowest BCUT2D eigenvalue weighted by Gasteiger charge is -2.07. The number of urea groups is 1. The first-order valence-corrected chi connectivity index (χ1v) is 6.06. The lowest BCUT2D eigenvalue weighted by atomic mass is 10.2. The first kappa shape index (κ1) is 16.2. The van der Waals surface area contributed by atoms with Crippen LogP contribution in [0, 0.1) is 0 Å². The highest BCUT2D eigenvalue weighted by atomic mass is 16.5. The van der Waals surface area contributed by atoms with Crippen LogP contribution in [0.3, 0.4) is 0 Å². The molecular formula is C14H16N2O5. The standard InChI is InChI=1S/C14H16N2O5/c1-3-8-15-14(19)16-12(17)9-21-11-6-4-10(5-7-11)13(18)20-2/h3-7H,1,8-9H2,2H3,(H2,15,16,17,19). The van der Waals surface area contributed by atoms with Gasteiger partial charge in [-0.05, 0) is 24.3 Å². The van der Waals surface area contributed by atoms with Crippen LogP contribution in [-0.2, 0) is 9.53 Å². The number of benzene rings is 1. The van der Waals surface area contributed by atoms with Crippen molar-refractivity contribution >= 4 is 17.9 Å². The highest BCUT2D eigenvalue weighted by molar-refractivity contribution is 5.95. The number of ether oxygens (including phenoxy) is 2. The molecule has 1 rings (SSSR count). The first-order chi connectivity index (χ1) is 10.1. The van der Waals surface area contributed by atoms with E-state index in [1.54, 1.807) is 0 Å². The Balaban J connectivity index is 2.41. The predicted molar refractivity (Wildman–Crippen MR) is 75.0 cm³/mol. The van der Waals surface area contributed by atoms with E-state index in [0.29, 0.717) is 11.3 Å². The van der Waals surface area contributed by atoms with E-state index in [2.05, 4.69) is 21.9 Å². The predicted octanol–water partition coefficient (Wildman–Crippen LogP) is 0.864. The second-order valence-electron chi connectivity index (χ2n) is 3.85. The van der Waals surface area contributed by atoms with Crippen molar-refractivity contribution in [1.82, 2.24) is 10.6 Å². The Bertz CT molecular complexity index is 525. The number of hydrogen-bond acceptors (Lipinski definition) is 5. The topological polar surface area (TPSA) is 93.7 Å². The SMILES string of the molecule is C=CCNC(=O)NC(=O)COc1ccc(C(=O)OC)cc1. The average molecular weight is 292 g/mol. The van der Waals surface area contributed by atoms with Gasteiger partial charge in [0.05, 0.1) is 12.7 Å². The molecule has 0 atom stereocenters. The monoisotopic (exact) mass is 292 g/mol. The Morgan fingerprint density at radius 3 is 2.48 bits per heavy atom. The number of carbonyl (C=O) groups excluding carboxylic acids is 3. The Morgan fingerprint density at radius 2 is 1.90 bits per heavy atom. The summed E-state index contributed by atoms with van der Waals surface area (Å²) in [6, 6.07) is 5.45. The minimum Gasteiger partial charge on any atom is -0.484 e. The Hall–Kier alpha value is -2.83. The summed E-state index contributed by atoms with van der Waals surface area (Å²) in [7, 11) is 1.29. The van der Waals surface area contributed by atoms with Crippen molar-refractivity contribution in [3.8, 4) is 5.75 Å². The Labute approximate surface area is 121 Å². The third-order valence-electron chi connectivity index (χ3n) is 2.31. The van der Waals surface area contributed by atoms with Gasteiger partial charge in [0, 0.05) is 6.54 Å². The molecule has 3 amide bonds. The van der Waals surface area contributed by atoms with Crippen molar-refractivity contribution in [2.45, 2.75) is 0 Å². The first-order valence-electron chi connectivity index (χ1n) is 6.06. The van der Waals surface area contributed by atoms with Gasteiger partial charge in [-0.15, -0.1) is 6.58 Å². The summed E-state index contributed by atoms with van der Waals surface area (Å²) in [6.07, 6.45) is 1.49. The number of esters is 1. The van der Waals surface area contributed by atoms with Crippen LogP contribution < -0.4 is 15.4 Å². The van der Waals surface area contributed by atoms with Gasteiger partial charge in [0.25, 0.3) is 5.91 Å². The minimum absolute atomic E-state index is 0.259. The van der Waals surface area contributed by atoms with Crippen LogP contribution in [0.4, 0.5) is 4.79 Å². The van der Waals surface area contributed by atoms with Crippen molar-refractivity contribution in [1.29, 1.82) is 0 Å². The van der Waals surface area contributed by atoms with E-state index in [1.165, 1.54) is 37.5 Å². The molecule has 0 heterocycles. The molecule has 0 saturated heterocycles. The van der Waals surface area contributed by atoms with Crippen LogP contribution in [0.1, 0.15) is 10.4 Å². The average Bonchev–Trinajstić information content (AvgIpc) is 2.50. The largest absolute Gasteiger partial charge is 0.484 e. The van der Waals surface area contributed by atoms with Gasteiger partial charge in [-0.1, -0.05) is 6.08 Å². The van der Waals surface area contributed by atoms with Crippen LogP contribution in [0.15, 0.2) is 36.9 Å². The zero-order valence-electron chi connectivity index (χ0n) is 11.5. The lowest BCUT2D eigenvalue weighted by Crippen LogP contribution is -2.41. The van der Waals surface area contributed by atoms with Gasteiger partial charge in [-0.3, -0.25) is 10.1 Å². The van der Waals surface area contributed by atoms with Gasteiger partial charge in [0.1, 0.15) is 5.75 Å². The lowest BCUT2D eigenvalue weighted by molar-refractivity contribution is -0.122. The van der Waals surface area contributed by atoms with Gasteiger partial charge in [0.15, 0.2) is 6.61 Å². The molecule has 0 aliphatic carbocycles. The van der Waals surface area contributed by atoms with Gasteiger partial charge < -0.3 is 14.8 Å². The van der Waals surface area contributed by atoms with Crippen LogP contribution >= 0.6 is 0 Å². The zero-order chi connectivity index (χ0) is 15.7. The maximum absolute atomic E-state index is 11.4. The molecule has 112 valence electrons. The van der Waals surface area contributed by atoms with Crippen molar-refractivity contribution in [2.75, 3.05) is 20.3 Å². The number of methoxy groups -OCH3 is 1. The van der Waals surface area contributed by atoms with E-state index < -0.39 is 17.9 Å². The fourth-order valence-electron chi connectivity index (χ4n) is 1.33. The third kappa shape index (κ3) is 5.77. The van der Waals surface area contributed by atoms with Gasteiger partial charge in [0.2, 0.25) is 0 Å². The molecule has 7 nitrogen and oxygen atoms in total. The molecular weight excluding hydrogens is 276 g/mol. The van der Waals surface area contributed by atoms with E-state index in [9.17, 15) is 14.4 Å². The molecule has 0 unspecified atom stereocenters. The highest BCUT2D eigenvalue weighted by Crippen LogP contribution is 2.12. The number of imide groups is 1. The number of hydrogen-bond donors (Lipinski definition) is 2. The Morgan fingerprint density at radius 1 is 1.24 bits per heavy atom. The molecule has 21 heavy (non-hydrogen) atoms. The molecule has 0 aromatic heterocycles. The van der Waals surface area contributed by atoms with E-state index in [0.717, 1.165) is 0 Å². The van der Waals surface area contributed by atoms with Crippen LogP contribution in [0.25, 0.3) is 0 Å². The summed E-state index contributed by atoms with van der Waals surface area (Å²) in [5.41, 5.74) is 0.373. The van der Waals surface area contributed by atoms with E-state index >= 15 is 0 Å². The van der Waals surface area contributed by atoms with Crippen molar-refractivity contribution < 1.29 is 23.9 Å². The molecule has 0 saturated carbocycles. The Kier molecular flexibility index (Phi) is 6.46. The summed E-state index contributed by atoms with van der Waals surface area (Å²) in [6.45, 7) is 3.37. The quantitative estimate of drug-likeness (QED) is 0.599. The molecule has 0 bridgehead atoms. The summed E-state index contributed by atoms with van der Waals surface area (Å²) >= 11 is 0. The van der Waals surface area contributed by atoms with Crippen LogP contribution in [-0.4, -0.2) is 38.2 Å². The molecule has 0 aliphatic heterocycles. The van der Waals surface area contributed by atoms with Gasteiger partial charge >= 0.3 is 12.0 Å². The number of nitrogens with one attached hydrogen (secondary N) is 2. The molecule has 7 heteroatoms. The van der Waals surface area contributed by atoms with E-state index in [4.69, 9.17) is 4.74 Å². The van der Waals surface area contributed by atoms with Crippen molar-refractivity contribution in [3.63, 3.8) is 0 Å². The smallest absolute Gasteiger partial charge is 0.337 e. The fourth-order valence-corrected chi connectivity index (χ4v) is 1.33. The van der Waals surface area contributed by atoms with Crippen molar-refractivity contribution in [2.24, 2.45) is 0 Å². The maximum Gasteiger partial charge on any atom is 0.337 e. The molecule has 0 radical (unpaired) electrons. The van der Waals surface area contributed by atoms with Crippen LogP contribution in [0.2, 0.25) is 0 Å². The maximum atomic E-state index is 11.4. The molecule has 0 aliphatic rings. The summed E-state index contributed by atoms with van der Waals surface area (Å²) in [5, 5.41) is 4.48. The van der Waals surface area contributed by atoms with Crippen molar-refractivity contribution in [3.05, 3.63) is 42.5 Å². The molecule has 2 N–H and O–H groups in total. The third-order valence-corrected chi connectivity index (χ3v) is 2.31. The molecule has 1 aromatic carbocycles.